The molecule has 0 aliphatic carbocycles. The maximum Gasteiger partial charge on any atom is 0.219 e. The summed E-state index contributed by atoms with van der Waals surface area (Å²) in [5.74, 6) is 0.590. The second kappa shape index (κ2) is 8.68. The summed E-state index contributed by atoms with van der Waals surface area (Å²) >= 11 is 0. The minimum atomic E-state index is -0.273. The summed E-state index contributed by atoms with van der Waals surface area (Å²) in [5.41, 5.74) is 0. The minimum Gasteiger partial charge on any atom is -0.392 e. The van der Waals surface area contributed by atoms with E-state index in [0.717, 1.165) is 19.4 Å². The third-order valence-corrected chi connectivity index (χ3v) is 2.16. The van der Waals surface area contributed by atoms with Gasteiger partial charge in [-0.2, -0.15) is 0 Å². The summed E-state index contributed by atoms with van der Waals surface area (Å²) in [6.45, 7) is 5.58. The van der Waals surface area contributed by atoms with Crippen molar-refractivity contribution >= 4 is 5.91 Å². The Kier molecular flexibility index (Phi) is 8.33. The van der Waals surface area contributed by atoms with E-state index >= 15 is 0 Å². The van der Waals surface area contributed by atoms with Crippen LogP contribution in [0, 0.1) is 5.92 Å². The zero-order chi connectivity index (χ0) is 11.7. The minimum absolute atomic E-state index is 0.0690. The molecular weight excluding hydrogens is 192 g/mol. The lowest BCUT2D eigenvalue weighted by Gasteiger charge is -2.13. The predicted molar refractivity (Wildman–Crippen MR) is 61.6 cm³/mol. The number of carbonyl (C=O) groups is 1. The maximum absolute atomic E-state index is 10.9. The molecular formula is C11H24N2O2. The topological polar surface area (TPSA) is 61.4 Å². The maximum atomic E-state index is 10.9. The monoisotopic (exact) mass is 216 g/mol. The molecule has 0 aromatic heterocycles. The fourth-order valence-corrected chi connectivity index (χ4v) is 1.40. The molecule has 1 atom stereocenters. The van der Waals surface area contributed by atoms with Gasteiger partial charge in [0.1, 0.15) is 0 Å². The summed E-state index contributed by atoms with van der Waals surface area (Å²) in [4.78, 5) is 10.9. The number of nitrogens with one attached hydrogen (secondary N) is 2. The molecule has 1 unspecified atom stereocenters. The smallest absolute Gasteiger partial charge is 0.219 e. The van der Waals surface area contributed by atoms with Crippen molar-refractivity contribution in [3.63, 3.8) is 0 Å². The quantitative estimate of drug-likeness (QED) is 0.518. The Labute approximate surface area is 92.4 Å². The molecule has 0 rings (SSSR count). The molecule has 0 aliphatic heterocycles. The predicted octanol–water partition coefficient (Wildman–Crippen LogP) is 0.509. The highest BCUT2D eigenvalue weighted by molar-refractivity contribution is 5.75. The number of rotatable bonds is 8. The van der Waals surface area contributed by atoms with Crippen molar-refractivity contribution in [1.29, 1.82) is 0 Å². The van der Waals surface area contributed by atoms with Gasteiger partial charge in [0.15, 0.2) is 0 Å². The number of carbonyl (C=O) groups excluding carboxylic acids is 1. The Morgan fingerprint density at radius 2 is 2.07 bits per heavy atom. The molecule has 90 valence electrons. The highest BCUT2D eigenvalue weighted by Gasteiger charge is 2.05. The first-order valence-electron chi connectivity index (χ1n) is 5.65. The molecule has 4 heteroatoms. The number of amides is 1. The molecule has 0 aliphatic rings. The number of hydrogen-bond acceptors (Lipinski definition) is 3. The van der Waals surface area contributed by atoms with Crippen LogP contribution in [0.4, 0.5) is 0 Å². The number of aliphatic hydroxyl groups is 1. The van der Waals surface area contributed by atoms with E-state index in [1.165, 1.54) is 0 Å². The average molecular weight is 216 g/mol. The molecule has 0 saturated heterocycles. The van der Waals surface area contributed by atoms with Gasteiger partial charge in [0.25, 0.3) is 0 Å². The van der Waals surface area contributed by atoms with Gasteiger partial charge in [0.2, 0.25) is 5.91 Å². The van der Waals surface area contributed by atoms with Gasteiger partial charge in [0, 0.05) is 20.0 Å². The molecule has 0 spiro atoms. The van der Waals surface area contributed by atoms with Crippen molar-refractivity contribution in [2.45, 2.75) is 39.2 Å². The van der Waals surface area contributed by atoms with Gasteiger partial charge < -0.3 is 15.7 Å². The molecule has 0 aromatic carbocycles. The van der Waals surface area contributed by atoms with E-state index in [0.29, 0.717) is 18.9 Å². The van der Waals surface area contributed by atoms with E-state index in [1.54, 1.807) is 7.05 Å². The van der Waals surface area contributed by atoms with Gasteiger partial charge in [0.05, 0.1) is 6.10 Å². The van der Waals surface area contributed by atoms with Crippen LogP contribution in [0.2, 0.25) is 0 Å². The lowest BCUT2D eigenvalue weighted by atomic mass is 10.1. The van der Waals surface area contributed by atoms with Crippen LogP contribution in [0.25, 0.3) is 0 Å². The molecule has 0 saturated carbocycles. The van der Waals surface area contributed by atoms with Crippen molar-refractivity contribution < 1.29 is 9.90 Å². The van der Waals surface area contributed by atoms with Crippen LogP contribution < -0.4 is 10.6 Å². The van der Waals surface area contributed by atoms with Crippen LogP contribution in [-0.2, 0) is 4.79 Å². The first kappa shape index (κ1) is 14.4. The average Bonchev–Trinajstić information content (AvgIpc) is 2.15. The summed E-state index contributed by atoms with van der Waals surface area (Å²) in [5, 5.41) is 15.2. The Morgan fingerprint density at radius 1 is 1.40 bits per heavy atom. The van der Waals surface area contributed by atoms with E-state index in [2.05, 4.69) is 24.5 Å². The SMILES string of the molecule is CNC(=O)CCCNCC(O)CC(C)C. The Bertz CT molecular complexity index is 172. The first-order chi connectivity index (χ1) is 7.06. The van der Waals surface area contributed by atoms with Crippen LogP contribution >= 0.6 is 0 Å². The Morgan fingerprint density at radius 3 is 2.60 bits per heavy atom. The van der Waals surface area contributed by atoms with Crippen LogP contribution in [0.5, 0.6) is 0 Å². The fraction of sp³-hybridized carbons (Fsp3) is 0.909. The van der Waals surface area contributed by atoms with Gasteiger partial charge in [-0.1, -0.05) is 13.8 Å². The van der Waals surface area contributed by atoms with Gasteiger partial charge in [-0.25, -0.2) is 0 Å². The highest BCUT2D eigenvalue weighted by atomic mass is 16.3. The van der Waals surface area contributed by atoms with Crippen LogP contribution in [0.15, 0.2) is 0 Å². The van der Waals surface area contributed by atoms with E-state index < -0.39 is 0 Å². The first-order valence-corrected chi connectivity index (χ1v) is 5.65. The van der Waals surface area contributed by atoms with Crippen LogP contribution in [-0.4, -0.2) is 37.3 Å². The Hall–Kier alpha value is -0.610. The molecule has 0 radical (unpaired) electrons. The van der Waals surface area contributed by atoms with Crippen LogP contribution in [0.1, 0.15) is 33.1 Å². The zero-order valence-electron chi connectivity index (χ0n) is 10.0. The lowest BCUT2D eigenvalue weighted by Crippen LogP contribution is -2.29. The van der Waals surface area contributed by atoms with Crippen molar-refractivity contribution in [1.82, 2.24) is 10.6 Å². The van der Waals surface area contributed by atoms with E-state index in [4.69, 9.17) is 0 Å². The molecule has 0 aromatic rings. The molecule has 1 amide bonds. The normalized spacial score (nSPS) is 12.9. The summed E-state index contributed by atoms with van der Waals surface area (Å²) in [6, 6.07) is 0. The molecule has 3 N–H and O–H groups in total. The molecule has 0 fully saturated rings. The summed E-state index contributed by atoms with van der Waals surface area (Å²) in [6.07, 6.45) is 1.91. The lowest BCUT2D eigenvalue weighted by molar-refractivity contribution is -0.120. The molecule has 4 nitrogen and oxygen atoms in total. The molecule has 0 heterocycles. The highest BCUT2D eigenvalue weighted by Crippen LogP contribution is 2.03. The second-order valence-corrected chi connectivity index (χ2v) is 4.26. The molecule has 15 heavy (non-hydrogen) atoms. The van der Waals surface area contributed by atoms with E-state index in [-0.39, 0.29) is 12.0 Å². The van der Waals surface area contributed by atoms with Gasteiger partial charge >= 0.3 is 0 Å². The van der Waals surface area contributed by atoms with Gasteiger partial charge in [-0.3, -0.25) is 4.79 Å². The van der Waals surface area contributed by atoms with E-state index in [1.807, 2.05) is 0 Å². The Balaban J connectivity index is 3.27. The van der Waals surface area contributed by atoms with Crippen molar-refractivity contribution in [2.75, 3.05) is 20.1 Å². The fourth-order valence-electron chi connectivity index (χ4n) is 1.40. The van der Waals surface area contributed by atoms with E-state index in [9.17, 15) is 9.90 Å². The van der Waals surface area contributed by atoms with Crippen LogP contribution in [0.3, 0.4) is 0 Å². The largest absolute Gasteiger partial charge is 0.392 e. The van der Waals surface area contributed by atoms with Gasteiger partial charge in [-0.15, -0.1) is 0 Å². The molecule has 0 bridgehead atoms. The number of hydrogen-bond donors (Lipinski definition) is 3. The second-order valence-electron chi connectivity index (χ2n) is 4.26. The van der Waals surface area contributed by atoms with Crippen molar-refractivity contribution in [3.05, 3.63) is 0 Å². The summed E-state index contributed by atoms with van der Waals surface area (Å²) in [7, 11) is 1.64. The van der Waals surface area contributed by atoms with Gasteiger partial charge in [-0.05, 0) is 25.3 Å². The third kappa shape index (κ3) is 9.69. The standard InChI is InChI=1S/C11H24N2O2/c1-9(2)7-10(14)8-13-6-4-5-11(15)12-3/h9-10,13-14H,4-8H2,1-3H3,(H,12,15). The van der Waals surface area contributed by atoms with Crippen molar-refractivity contribution in [2.24, 2.45) is 5.92 Å². The zero-order valence-corrected chi connectivity index (χ0v) is 10.0. The summed E-state index contributed by atoms with van der Waals surface area (Å²) < 4.78 is 0. The third-order valence-electron chi connectivity index (χ3n) is 2.16. The van der Waals surface area contributed by atoms with Crippen molar-refractivity contribution in [3.8, 4) is 0 Å². The number of aliphatic hydroxyl groups excluding tert-OH is 1.